The summed E-state index contributed by atoms with van der Waals surface area (Å²) in [5.41, 5.74) is 9.38. The Morgan fingerprint density at radius 2 is 1.89 bits per heavy atom. The van der Waals surface area contributed by atoms with E-state index in [4.69, 9.17) is 5.41 Å². The quantitative estimate of drug-likeness (QED) is 0.509. The average molecular weight is 481 g/mol. The molecule has 0 radical (unpaired) electrons. The van der Waals surface area contributed by atoms with Crippen molar-refractivity contribution < 1.29 is 4.79 Å². The lowest BCUT2D eigenvalue weighted by molar-refractivity contribution is -0.136. The van der Waals surface area contributed by atoms with Crippen molar-refractivity contribution in [3.05, 3.63) is 35.7 Å². The van der Waals surface area contributed by atoms with Gasteiger partial charge in [0, 0.05) is 31.4 Å². The summed E-state index contributed by atoms with van der Waals surface area (Å²) in [4.78, 5) is 19.7. The summed E-state index contributed by atoms with van der Waals surface area (Å²) in [7, 11) is 1.50. The van der Waals surface area contributed by atoms with Crippen LogP contribution in [0.1, 0.15) is 90.2 Å². The van der Waals surface area contributed by atoms with Crippen molar-refractivity contribution in [1.82, 2.24) is 9.88 Å². The fraction of sp³-hybridized carbons (Fsp3) is 0.700. The summed E-state index contributed by atoms with van der Waals surface area (Å²) in [6, 6.07) is 2.86. The van der Waals surface area contributed by atoms with Gasteiger partial charge in [0.2, 0.25) is 5.91 Å². The van der Waals surface area contributed by atoms with Crippen LogP contribution in [-0.4, -0.2) is 42.1 Å². The maximum Gasteiger partial charge on any atom is 0.222 e. The molecule has 1 aliphatic heterocycles. The first-order valence-electron chi connectivity index (χ1n) is 13.8. The van der Waals surface area contributed by atoms with Crippen LogP contribution in [0.15, 0.2) is 24.5 Å². The minimum Gasteiger partial charge on any atom is -0.339 e. The van der Waals surface area contributed by atoms with Gasteiger partial charge in [-0.05, 0) is 116 Å². The Morgan fingerprint density at radius 1 is 1.14 bits per heavy atom. The van der Waals surface area contributed by atoms with Gasteiger partial charge < -0.3 is 16.0 Å². The summed E-state index contributed by atoms with van der Waals surface area (Å²) in [6.07, 6.45) is 17.0. The number of carbonyl (C=O) groups excluding carboxylic acids is 1. The van der Waals surface area contributed by atoms with Crippen LogP contribution in [0.5, 0.6) is 0 Å². The topological polar surface area (TPSA) is 83.1 Å². The number of carbonyl (C=O) groups is 1. The van der Waals surface area contributed by atoms with E-state index >= 15 is 0 Å². The van der Waals surface area contributed by atoms with Crippen molar-refractivity contribution in [3.8, 4) is 0 Å². The minimum atomic E-state index is 0.286. The van der Waals surface area contributed by atoms with Gasteiger partial charge in [0.25, 0.3) is 0 Å². The molecule has 2 saturated carbocycles. The van der Waals surface area contributed by atoms with E-state index in [0.717, 1.165) is 43.6 Å². The number of allylic oxidation sites excluding steroid dienone is 2. The van der Waals surface area contributed by atoms with Gasteiger partial charge in [-0.25, -0.2) is 0 Å². The van der Waals surface area contributed by atoms with E-state index < -0.39 is 0 Å². The van der Waals surface area contributed by atoms with Gasteiger partial charge >= 0.3 is 0 Å². The van der Waals surface area contributed by atoms with Crippen LogP contribution >= 0.6 is 0 Å². The molecule has 35 heavy (non-hydrogen) atoms. The molecule has 5 heteroatoms. The van der Waals surface area contributed by atoms with Crippen molar-refractivity contribution in [2.24, 2.45) is 34.3 Å². The van der Waals surface area contributed by atoms with Crippen LogP contribution in [0.3, 0.4) is 0 Å². The van der Waals surface area contributed by atoms with E-state index in [1.54, 1.807) is 5.57 Å². The molecule has 0 spiro atoms. The smallest absolute Gasteiger partial charge is 0.222 e. The molecule has 3 fully saturated rings. The van der Waals surface area contributed by atoms with Gasteiger partial charge in [-0.2, -0.15) is 0 Å². The first-order valence-corrected chi connectivity index (χ1v) is 13.8. The molecule has 1 aromatic rings. The predicted octanol–water partition coefficient (Wildman–Crippen LogP) is 6.12. The highest BCUT2D eigenvalue weighted by atomic mass is 16.2. The first-order chi connectivity index (χ1) is 16.9. The Morgan fingerprint density at radius 3 is 2.57 bits per heavy atom. The van der Waals surface area contributed by atoms with Crippen LogP contribution in [0.2, 0.25) is 0 Å². The third kappa shape index (κ3) is 4.61. The molecule has 5 rings (SSSR count). The van der Waals surface area contributed by atoms with Crippen molar-refractivity contribution in [2.75, 3.05) is 13.6 Å². The van der Waals surface area contributed by atoms with Crippen LogP contribution in [0, 0.1) is 34.0 Å². The lowest BCUT2D eigenvalue weighted by Crippen LogP contribution is -2.54. The van der Waals surface area contributed by atoms with E-state index in [2.05, 4.69) is 68.4 Å². The number of hydrogen-bond donors (Lipinski definition) is 2. The molecule has 6 atom stereocenters. The largest absolute Gasteiger partial charge is 0.339 e. The molecule has 1 saturated heterocycles. The number of nitrogens with two attached hydrogens (primary N) is 1. The SMILES string of the molecule is C=N.CCCC(=O)N1CCC2(C)C3CCC4(C)C(c5cncc(CC)c5)=CC[C@H]4C3CCC12.CN. The second-order valence-electron chi connectivity index (χ2n) is 11.3. The zero-order valence-corrected chi connectivity index (χ0v) is 22.8. The van der Waals surface area contributed by atoms with E-state index in [1.807, 2.05) is 6.20 Å². The van der Waals surface area contributed by atoms with Gasteiger partial charge in [0.05, 0.1) is 0 Å². The molecule has 194 valence electrons. The lowest BCUT2D eigenvalue weighted by atomic mass is 9.48. The molecule has 2 heterocycles. The maximum atomic E-state index is 12.8. The molecule has 0 bridgehead atoms. The Hall–Kier alpha value is -2.01. The number of amides is 1. The van der Waals surface area contributed by atoms with E-state index in [-0.39, 0.29) is 5.41 Å². The first kappa shape index (κ1) is 27.6. The van der Waals surface area contributed by atoms with Gasteiger partial charge in [-0.15, -0.1) is 0 Å². The summed E-state index contributed by atoms with van der Waals surface area (Å²) in [6.45, 7) is 12.9. The predicted molar refractivity (Wildman–Crippen MR) is 146 cm³/mol. The highest BCUT2D eigenvalue weighted by Crippen LogP contribution is 2.66. The molecule has 1 aromatic heterocycles. The van der Waals surface area contributed by atoms with E-state index in [0.29, 0.717) is 17.4 Å². The number of rotatable bonds is 4. The van der Waals surface area contributed by atoms with Gasteiger partial charge in [0.1, 0.15) is 0 Å². The molecule has 1 amide bonds. The Labute approximate surface area is 213 Å². The number of nitrogens with zero attached hydrogens (tertiary/aromatic N) is 2. The second kappa shape index (κ2) is 11.4. The number of fused-ring (bicyclic) bond motifs is 5. The van der Waals surface area contributed by atoms with Crippen LogP contribution in [-0.2, 0) is 11.2 Å². The Kier molecular flexibility index (Phi) is 8.96. The second-order valence-corrected chi connectivity index (χ2v) is 11.3. The number of hydrogen-bond acceptors (Lipinski definition) is 4. The Bertz CT molecular complexity index is 913. The van der Waals surface area contributed by atoms with E-state index in [1.165, 1.54) is 56.7 Å². The molecule has 3 aliphatic carbocycles. The third-order valence-corrected chi connectivity index (χ3v) is 9.97. The monoisotopic (exact) mass is 480 g/mol. The van der Waals surface area contributed by atoms with Crippen molar-refractivity contribution in [2.45, 2.75) is 91.5 Å². The third-order valence-electron chi connectivity index (χ3n) is 9.97. The van der Waals surface area contributed by atoms with Crippen molar-refractivity contribution >= 4 is 18.2 Å². The normalized spacial score (nSPS) is 34.8. The van der Waals surface area contributed by atoms with Crippen molar-refractivity contribution in [3.63, 3.8) is 0 Å². The Balaban J connectivity index is 0.000000815. The summed E-state index contributed by atoms with van der Waals surface area (Å²) < 4.78 is 0. The highest BCUT2D eigenvalue weighted by molar-refractivity contribution is 5.77. The summed E-state index contributed by atoms with van der Waals surface area (Å²) >= 11 is 0. The molecule has 0 aromatic carbocycles. The molecule has 4 aliphatic rings. The fourth-order valence-electron chi connectivity index (χ4n) is 8.32. The molecule has 5 nitrogen and oxygen atoms in total. The van der Waals surface area contributed by atoms with E-state index in [9.17, 15) is 4.79 Å². The number of nitrogens with one attached hydrogen (secondary N) is 1. The number of pyridine rings is 1. The van der Waals surface area contributed by atoms with Crippen LogP contribution in [0.25, 0.3) is 5.57 Å². The minimum absolute atomic E-state index is 0.286. The van der Waals surface area contributed by atoms with Gasteiger partial charge in [-0.1, -0.05) is 33.8 Å². The van der Waals surface area contributed by atoms with Crippen molar-refractivity contribution in [1.29, 1.82) is 5.41 Å². The van der Waals surface area contributed by atoms with Gasteiger partial charge in [-0.3, -0.25) is 9.78 Å². The lowest BCUT2D eigenvalue weighted by Gasteiger charge is -2.57. The standard InChI is InChI=1S/C28H40N2O.CH5N.CH3N/c1-5-7-26(31)30-15-14-28(4)24-12-13-27(3)22(20-16-19(6-2)17-29-18-20)9-10-23(27)21(24)8-11-25(28)30;2*1-2/h9,16-18,21,23-25H,5-8,10-15H2,1-4H3;2H2,1H3;2H,1H2/t21?,23-,24?,25?,27?,28?;;/m0../s1. The number of likely N-dealkylation sites (tertiary alicyclic amines) is 1. The molecule has 3 N–H and O–H groups in total. The number of aryl methyl sites for hydroxylation is 1. The molecule has 5 unspecified atom stereocenters. The molecular weight excluding hydrogens is 432 g/mol. The van der Waals surface area contributed by atoms with Gasteiger partial charge in [0.15, 0.2) is 0 Å². The maximum absolute atomic E-state index is 12.8. The zero-order chi connectivity index (χ0) is 25.8. The van der Waals surface area contributed by atoms with Crippen LogP contribution in [0.4, 0.5) is 0 Å². The molecular formula is C30H48N4O. The fourth-order valence-corrected chi connectivity index (χ4v) is 8.32. The number of aromatic nitrogens is 1. The zero-order valence-electron chi connectivity index (χ0n) is 22.8. The average Bonchev–Trinajstić information content (AvgIpc) is 3.43. The van der Waals surface area contributed by atoms with Crippen LogP contribution < -0.4 is 5.73 Å². The summed E-state index contributed by atoms with van der Waals surface area (Å²) in [5.74, 6) is 2.74. The highest BCUT2D eigenvalue weighted by Gasteiger charge is 2.60. The summed E-state index contributed by atoms with van der Waals surface area (Å²) in [5, 5.41) is 5.50.